The van der Waals surface area contributed by atoms with Gasteiger partial charge in [0, 0.05) is 5.69 Å². The molecule has 7 heteroatoms. The van der Waals surface area contributed by atoms with Crippen molar-refractivity contribution in [2.45, 2.75) is 6.18 Å². The predicted molar refractivity (Wildman–Crippen MR) is 44.3 cm³/mol. The summed E-state index contributed by atoms with van der Waals surface area (Å²) in [6, 6.07) is 0.718. The highest BCUT2D eigenvalue weighted by atomic mass is 19.4. The SMILES string of the molecule is NC(=O)c1cc(C(F)(F)F)c(N)cc1F. The van der Waals surface area contributed by atoms with Gasteiger partial charge in [-0.2, -0.15) is 13.2 Å². The zero-order chi connectivity index (χ0) is 11.8. The molecule has 0 aliphatic carbocycles. The summed E-state index contributed by atoms with van der Waals surface area (Å²) in [6.07, 6.45) is -4.75. The monoisotopic (exact) mass is 222 g/mol. The second-order valence-electron chi connectivity index (χ2n) is 2.78. The first-order valence-corrected chi connectivity index (χ1v) is 3.69. The molecular weight excluding hydrogens is 216 g/mol. The van der Waals surface area contributed by atoms with Gasteiger partial charge in [-0.25, -0.2) is 4.39 Å². The third kappa shape index (κ3) is 2.17. The number of rotatable bonds is 1. The van der Waals surface area contributed by atoms with E-state index >= 15 is 0 Å². The van der Waals surface area contributed by atoms with Crippen LogP contribution < -0.4 is 11.5 Å². The topological polar surface area (TPSA) is 69.1 Å². The van der Waals surface area contributed by atoms with Crippen molar-refractivity contribution in [1.82, 2.24) is 0 Å². The lowest BCUT2D eigenvalue weighted by Gasteiger charge is -2.11. The predicted octanol–water partition coefficient (Wildman–Crippen LogP) is 1.53. The zero-order valence-corrected chi connectivity index (χ0v) is 7.23. The molecule has 0 fully saturated rings. The first-order valence-electron chi connectivity index (χ1n) is 3.69. The van der Waals surface area contributed by atoms with Crippen LogP contribution in [0.4, 0.5) is 23.2 Å². The third-order valence-electron chi connectivity index (χ3n) is 1.71. The van der Waals surface area contributed by atoms with Crippen molar-refractivity contribution in [2.24, 2.45) is 5.73 Å². The van der Waals surface area contributed by atoms with E-state index in [1.165, 1.54) is 0 Å². The fourth-order valence-electron chi connectivity index (χ4n) is 1.02. The van der Waals surface area contributed by atoms with Gasteiger partial charge in [0.15, 0.2) is 0 Å². The normalized spacial score (nSPS) is 11.5. The average molecular weight is 222 g/mol. The van der Waals surface area contributed by atoms with E-state index in [0.29, 0.717) is 12.1 Å². The van der Waals surface area contributed by atoms with E-state index in [1.807, 2.05) is 0 Å². The van der Waals surface area contributed by atoms with Gasteiger partial charge in [-0.05, 0) is 12.1 Å². The van der Waals surface area contributed by atoms with Gasteiger partial charge in [0.2, 0.25) is 0 Å². The fourth-order valence-corrected chi connectivity index (χ4v) is 1.02. The summed E-state index contributed by atoms with van der Waals surface area (Å²) < 4.78 is 49.7. The van der Waals surface area contributed by atoms with Gasteiger partial charge in [-0.1, -0.05) is 0 Å². The van der Waals surface area contributed by atoms with Crippen molar-refractivity contribution in [3.63, 3.8) is 0 Å². The molecule has 0 radical (unpaired) electrons. The highest BCUT2D eigenvalue weighted by molar-refractivity contribution is 5.93. The molecule has 1 aromatic rings. The summed E-state index contributed by atoms with van der Waals surface area (Å²) in [5, 5.41) is 0. The summed E-state index contributed by atoms with van der Waals surface area (Å²) in [6.45, 7) is 0. The largest absolute Gasteiger partial charge is 0.418 e. The summed E-state index contributed by atoms with van der Waals surface area (Å²) in [5.41, 5.74) is 6.75. The Morgan fingerprint density at radius 1 is 1.27 bits per heavy atom. The van der Waals surface area contributed by atoms with Crippen LogP contribution in [0, 0.1) is 5.82 Å². The number of benzene rings is 1. The lowest BCUT2D eigenvalue weighted by Crippen LogP contribution is -2.17. The fraction of sp³-hybridized carbons (Fsp3) is 0.125. The molecule has 0 atom stereocenters. The van der Waals surface area contributed by atoms with Crippen LogP contribution in [0.15, 0.2) is 12.1 Å². The number of nitrogen functional groups attached to an aromatic ring is 1. The molecule has 1 aromatic carbocycles. The van der Waals surface area contributed by atoms with Crippen LogP contribution in [0.2, 0.25) is 0 Å². The number of nitrogens with two attached hydrogens (primary N) is 2. The molecule has 0 saturated carbocycles. The van der Waals surface area contributed by atoms with E-state index < -0.39 is 34.7 Å². The van der Waals surface area contributed by atoms with Crippen LogP contribution in [-0.4, -0.2) is 5.91 Å². The van der Waals surface area contributed by atoms with Crippen molar-refractivity contribution < 1.29 is 22.4 Å². The molecule has 0 aromatic heterocycles. The molecule has 3 nitrogen and oxygen atoms in total. The average Bonchev–Trinajstić information content (AvgIpc) is 2.00. The number of alkyl halides is 3. The second-order valence-corrected chi connectivity index (χ2v) is 2.78. The van der Waals surface area contributed by atoms with Gasteiger partial charge in [0.1, 0.15) is 5.82 Å². The highest BCUT2D eigenvalue weighted by Crippen LogP contribution is 2.34. The van der Waals surface area contributed by atoms with Crippen molar-refractivity contribution in [3.8, 4) is 0 Å². The van der Waals surface area contributed by atoms with Crippen LogP contribution >= 0.6 is 0 Å². The van der Waals surface area contributed by atoms with Crippen molar-refractivity contribution in [2.75, 3.05) is 5.73 Å². The van der Waals surface area contributed by atoms with E-state index in [4.69, 9.17) is 5.73 Å². The number of hydrogen-bond acceptors (Lipinski definition) is 2. The van der Waals surface area contributed by atoms with Gasteiger partial charge in [0.25, 0.3) is 5.91 Å². The minimum Gasteiger partial charge on any atom is -0.398 e. The standard InChI is InChI=1S/C8H6F4N2O/c9-5-2-6(13)4(8(10,11)12)1-3(5)7(14)15/h1-2H,13H2,(H2,14,15). The van der Waals surface area contributed by atoms with Crippen molar-refractivity contribution in [3.05, 3.63) is 29.1 Å². The molecule has 0 aliphatic heterocycles. The molecular formula is C8H6F4N2O. The summed E-state index contributed by atoms with van der Waals surface area (Å²) in [4.78, 5) is 10.6. The van der Waals surface area contributed by atoms with E-state index in [1.54, 1.807) is 0 Å². The smallest absolute Gasteiger partial charge is 0.398 e. The van der Waals surface area contributed by atoms with Crippen LogP contribution in [0.5, 0.6) is 0 Å². The lowest BCUT2D eigenvalue weighted by atomic mass is 10.1. The maximum Gasteiger partial charge on any atom is 0.418 e. The highest BCUT2D eigenvalue weighted by Gasteiger charge is 2.34. The Labute approximate surface area is 81.7 Å². The number of halogens is 4. The Kier molecular flexibility index (Phi) is 2.57. The molecule has 82 valence electrons. The lowest BCUT2D eigenvalue weighted by molar-refractivity contribution is -0.136. The molecule has 0 aliphatic rings. The second kappa shape index (κ2) is 3.41. The first-order chi connectivity index (χ1) is 6.73. The molecule has 0 saturated heterocycles. The number of anilines is 1. The maximum atomic E-state index is 12.9. The minimum atomic E-state index is -4.75. The Balaban J connectivity index is 3.43. The molecule has 1 rings (SSSR count). The molecule has 0 unspecified atom stereocenters. The molecule has 1 amide bonds. The quantitative estimate of drug-likeness (QED) is 0.558. The van der Waals surface area contributed by atoms with Crippen LogP contribution in [0.25, 0.3) is 0 Å². The summed E-state index contributed by atoms with van der Waals surface area (Å²) in [5.74, 6) is -2.45. The minimum absolute atomic E-state index is 0.299. The maximum absolute atomic E-state index is 12.9. The van der Waals surface area contributed by atoms with Gasteiger partial charge < -0.3 is 11.5 Å². The zero-order valence-electron chi connectivity index (χ0n) is 7.23. The Morgan fingerprint density at radius 3 is 2.20 bits per heavy atom. The molecule has 0 bridgehead atoms. The summed E-state index contributed by atoms with van der Waals surface area (Å²) >= 11 is 0. The Morgan fingerprint density at radius 2 is 1.80 bits per heavy atom. The van der Waals surface area contributed by atoms with Crippen LogP contribution in [0.3, 0.4) is 0 Å². The van der Waals surface area contributed by atoms with E-state index in [0.717, 1.165) is 0 Å². The van der Waals surface area contributed by atoms with E-state index in [2.05, 4.69) is 5.73 Å². The number of primary amides is 1. The number of amides is 1. The van der Waals surface area contributed by atoms with Gasteiger partial charge >= 0.3 is 6.18 Å². The molecule has 0 heterocycles. The number of carbonyl (C=O) groups is 1. The third-order valence-corrected chi connectivity index (χ3v) is 1.71. The number of carbonyl (C=O) groups excluding carboxylic acids is 1. The molecule has 4 N–H and O–H groups in total. The van der Waals surface area contributed by atoms with Gasteiger partial charge in [-0.15, -0.1) is 0 Å². The number of hydrogen-bond donors (Lipinski definition) is 2. The van der Waals surface area contributed by atoms with Gasteiger partial charge in [-0.3, -0.25) is 4.79 Å². The molecule has 15 heavy (non-hydrogen) atoms. The summed E-state index contributed by atoms with van der Waals surface area (Å²) in [7, 11) is 0. The van der Waals surface area contributed by atoms with Crippen molar-refractivity contribution >= 4 is 11.6 Å². The van der Waals surface area contributed by atoms with E-state index in [9.17, 15) is 22.4 Å². The van der Waals surface area contributed by atoms with Crippen LogP contribution in [-0.2, 0) is 6.18 Å². The Hall–Kier alpha value is -1.79. The Bertz CT molecular complexity index is 414. The van der Waals surface area contributed by atoms with E-state index in [-0.39, 0.29) is 0 Å². The molecule has 0 spiro atoms. The van der Waals surface area contributed by atoms with Crippen molar-refractivity contribution in [1.29, 1.82) is 0 Å². The van der Waals surface area contributed by atoms with Gasteiger partial charge in [0.05, 0.1) is 11.1 Å². The van der Waals surface area contributed by atoms with Crippen LogP contribution in [0.1, 0.15) is 15.9 Å². The first kappa shape index (κ1) is 11.3.